The molecule has 1 aliphatic carbocycles. The highest BCUT2D eigenvalue weighted by atomic mass is 35.5. The lowest BCUT2D eigenvalue weighted by molar-refractivity contribution is 0.0697. The first kappa shape index (κ1) is 13.5. The molecule has 1 aliphatic rings. The number of aromatic nitrogens is 1. The van der Waals surface area contributed by atoms with Crippen LogP contribution in [0.3, 0.4) is 0 Å². The third-order valence-corrected chi connectivity index (χ3v) is 4.60. The first-order valence-corrected chi connectivity index (χ1v) is 7.50. The summed E-state index contributed by atoms with van der Waals surface area (Å²) >= 11 is 6.11. The van der Waals surface area contributed by atoms with Crippen LogP contribution in [0.5, 0.6) is 0 Å². The lowest BCUT2D eigenvalue weighted by Gasteiger charge is -2.25. The molecule has 0 amide bonds. The van der Waals surface area contributed by atoms with E-state index >= 15 is 0 Å². The van der Waals surface area contributed by atoms with Gasteiger partial charge in [-0.15, -0.1) is 0 Å². The number of carboxylic acid groups (broad SMARTS) is 1. The molecular weight excluding hydrogens is 274 g/mol. The van der Waals surface area contributed by atoms with Crippen molar-refractivity contribution in [2.75, 3.05) is 0 Å². The second kappa shape index (κ2) is 5.13. The van der Waals surface area contributed by atoms with Gasteiger partial charge in [0.2, 0.25) is 0 Å². The summed E-state index contributed by atoms with van der Waals surface area (Å²) in [5, 5.41) is 11.0. The molecule has 2 aromatic rings. The molecule has 0 atom stereocenters. The van der Waals surface area contributed by atoms with Crippen molar-refractivity contribution in [2.45, 2.75) is 45.1 Å². The summed E-state index contributed by atoms with van der Waals surface area (Å²) in [5.41, 5.74) is 2.23. The van der Waals surface area contributed by atoms with Gasteiger partial charge in [0.25, 0.3) is 0 Å². The second-order valence-electron chi connectivity index (χ2n) is 5.59. The molecule has 106 valence electrons. The Labute approximate surface area is 123 Å². The first-order chi connectivity index (χ1) is 9.59. The predicted molar refractivity (Wildman–Crippen MR) is 80.8 cm³/mol. The van der Waals surface area contributed by atoms with Crippen molar-refractivity contribution in [1.82, 2.24) is 4.57 Å². The van der Waals surface area contributed by atoms with Gasteiger partial charge < -0.3 is 9.67 Å². The van der Waals surface area contributed by atoms with Crippen molar-refractivity contribution < 1.29 is 9.90 Å². The molecular formula is C16H18ClNO2. The van der Waals surface area contributed by atoms with E-state index in [1.165, 1.54) is 19.3 Å². The summed E-state index contributed by atoms with van der Waals surface area (Å²) in [7, 11) is 0. The summed E-state index contributed by atoms with van der Waals surface area (Å²) in [4.78, 5) is 11.6. The van der Waals surface area contributed by atoms with Crippen LogP contribution >= 0.6 is 11.6 Å². The Bertz CT molecular complexity index is 669. The zero-order chi connectivity index (χ0) is 14.3. The van der Waals surface area contributed by atoms with Crippen LogP contribution in [-0.2, 0) is 0 Å². The maximum atomic E-state index is 11.6. The van der Waals surface area contributed by atoms with E-state index in [-0.39, 0.29) is 0 Å². The molecule has 0 radical (unpaired) electrons. The number of carboxylic acids is 1. The Morgan fingerprint density at radius 1 is 1.30 bits per heavy atom. The molecule has 0 saturated heterocycles. The van der Waals surface area contributed by atoms with Gasteiger partial charge in [-0.2, -0.15) is 0 Å². The normalized spacial score (nSPS) is 16.7. The molecule has 0 unspecified atom stereocenters. The van der Waals surface area contributed by atoms with Crippen molar-refractivity contribution in [3.05, 3.63) is 34.5 Å². The summed E-state index contributed by atoms with van der Waals surface area (Å²) in [6, 6.07) is 5.89. The van der Waals surface area contributed by atoms with Crippen molar-refractivity contribution in [2.24, 2.45) is 0 Å². The molecule has 0 bridgehead atoms. The minimum atomic E-state index is -0.857. The van der Waals surface area contributed by atoms with Crippen LogP contribution in [0.15, 0.2) is 18.2 Å². The van der Waals surface area contributed by atoms with Crippen molar-refractivity contribution >= 4 is 28.5 Å². The molecule has 1 heterocycles. The number of hydrogen-bond acceptors (Lipinski definition) is 1. The van der Waals surface area contributed by atoms with E-state index < -0.39 is 5.97 Å². The van der Waals surface area contributed by atoms with Gasteiger partial charge in [-0.3, -0.25) is 0 Å². The number of nitrogens with zero attached hydrogens (tertiary/aromatic N) is 1. The average Bonchev–Trinajstić information content (AvgIpc) is 2.71. The molecule has 1 aromatic heterocycles. The zero-order valence-corrected chi connectivity index (χ0v) is 12.3. The molecule has 4 heteroatoms. The molecule has 3 nitrogen and oxygen atoms in total. The van der Waals surface area contributed by atoms with Gasteiger partial charge >= 0.3 is 5.97 Å². The number of halogens is 1. The Morgan fingerprint density at radius 3 is 2.65 bits per heavy atom. The van der Waals surface area contributed by atoms with Crippen LogP contribution in [0.2, 0.25) is 5.02 Å². The molecule has 0 spiro atoms. The maximum Gasteiger partial charge on any atom is 0.338 e. The molecule has 3 rings (SSSR count). The van der Waals surface area contributed by atoms with Gasteiger partial charge in [-0.1, -0.05) is 36.9 Å². The second-order valence-corrected chi connectivity index (χ2v) is 6.03. The number of fused-ring (bicyclic) bond motifs is 1. The van der Waals surface area contributed by atoms with Crippen LogP contribution in [0.25, 0.3) is 10.9 Å². The van der Waals surface area contributed by atoms with E-state index in [9.17, 15) is 9.90 Å². The van der Waals surface area contributed by atoms with Crippen LogP contribution in [0, 0.1) is 6.92 Å². The molecule has 0 aliphatic heterocycles. The summed E-state index contributed by atoms with van der Waals surface area (Å²) < 4.78 is 2.20. The first-order valence-electron chi connectivity index (χ1n) is 7.13. The monoisotopic (exact) mass is 291 g/mol. The van der Waals surface area contributed by atoms with Crippen LogP contribution in [-0.4, -0.2) is 15.6 Å². The highest BCUT2D eigenvalue weighted by molar-refractivity contribution is 6.31. The number of carbonyl (C=O) groups is 1. The Hall–Kier alpha value is -1.48. The third-order valence-electron chi connectivity index (χ3n) is 4.37. The Morgan fingerprint density at radius 2 is 2.00 bits per heavy atom. The van der Waals surface area contributed by atoms with E-state index in [4.69, 9.17) is 11.6 Å². The zero-order valence-electron chi connectivity index (χ0n) is 11.5. The molecule has 20 heavy (non-hydrogen) atoms. The Kier molecular flexibility index (Phi) is 3.47. The van der Waals surface area contributed by atoms with E-state index in [1.54, 1.807) is 6.07 Å². The fraction of sp³-hybridized carbons (Fsp3) is 0.438. The Balaban J connectivity index is 2.26. The number of hydrogen-bond donors (Lipinski definition) is 1. The topological polar surface area (TPSA) is 42.2 Å². The number of benzene rings is 1. The van der Waals surface area contributed by atoms with Crippen LogP contribution < -0.4 is 0 Å². The summed E-state index contributed by atoms with van der Waals surface area (Å²) in [6.07, 6.45) is 5.95. The van der Waals surface area contributed by atoms with Crippen LogP contribution in [0.4, 0.5) is 0 Å². The number of rotatable bonds is 2. The quantitative estimate of drug-likeness (QED) is 0.863. The third kappa shape index (κ3) is 2.10. The van der Waals surface area contributed by atoms with Gasteiger partial charge in [0.05, 0.1) is 11.1 Å². The molecule has 1 fully saturated rings. The summed E-state index contributed by atoms with van der Waals surface area (Å²) in [5.74, 6) is -0.857. The minimum Gasteiger partial charge on any atom is -0.478 e. The maximum absolute atomic E-state index is 11.6. The van der Waals surface area contributed by atoms with Crippen molar-refractivity contribution in [1.29, 1.82) is 0 Å². The van der Waals surface area contributed by atoms with Crippen LogP contribution in [0.1, 0.15) is 54.2 Å². The van der Waals surface area contributed by atoms with E-state index in [0.717, 1.165) is 29.4 Å². The largest absolute Gasteiger partial charge is 0.478 e. The lowest BCUT2D eigenvalue weighted by atomic mass is 9.95. The van der Waals surface area contributed by atoms with Gasteiger partial charge in [0.1, 0.15) is 0 Å². The SMILES string of the molecule is Cc1c(C(=O)O)c2ccc(Cl)cc2n1C1CCCCC1. The standard InChI is InChI=1S/C16H18ClNO2/c1-10-15(16(19)20)13-8-7-11(17)9-14(13)18(10)12-5-3-2-4-6-12/h7-9,12H,2-6H2,1H3,(H,19,20). The van der Waals surface area contributed by atoms with Crippen molar-refractivity contribution in [3.63, 3.8) is 0 Å². The molecule has 1 N–H and O–H groups in total. The lowest BCUT2D eigenvalue weighted by Crippen LogP contribution is -2.14. The van der Waals surface area contributed by atoms with E-state index in [2.05, 4.69) is 4.57 Å². The fourth-order valence-corrected chi connectivity index (χ4v) is 3.66. The fourth-order valence-electron chi connectivity index (χ4n) is 3.49. The average molecular weight is 292 g/mol. The smallest absolute Gasteiger partial charge is 0.338 e. The summed E-state index contributed by atoms with van der Waals surface area (Å²) in [6.45, 7) is 1.91. The molecule has 1 saturated carbocycles. The van der Waals surface area contributed by atoms with Gasteiger partial charge in [-0.05, 0) is 31.9 Å². The highest BCUT2D eigenvalue weighted by Crippen LogP contribution is 2.36. The van der Waals surface area contributed by atoms with Crippen molar-refractivity contribution in [3.8, 4) is 0 Å². The van der Waals surface area contributed by atoms with Gasteiger partial charge in [0, 0.05) is 22.1 Å². The van der Waals surface area contributed by atoms with Gasteiger partial charge in [-0.25, -0.2) is 4.79 Å². The van der Waals surface area contributed by atoms with E-state index in [1.807, 2.05) is 19.1 Å². The van der Waals surface area contributed by atoms with E-state index in [0.29, 0.717) is 16.6 Å². The van der Waals surface area contributed by atoms with Gasteiger partial charge in [0.15, 0.2) is 0 Å². The minimum absolute atomic E-state index is 0.401. The number of aromatic carboxylic acids is 1. The highest BCUT2D eigenvalue weighted by Gasteiger charge is 2.24. The predicted octanol–water partition coefficient (Wildman–Crippen LogP) is 4.81. The molecule has 1 aromatic carbocycles.